The van der Waals surface area contributed by atoms with Crippen LogP contribution in [-0.2, 0) is 10.0 Å². The third-order valence-corrected chi connectivity index (χ3v) is 5.00. The van der Waals surface area contributed by atoms with Crippen molar-refractivity contribution in [3.05, 3.63) is 65.6 Å². The van der Waals surface area contributed by atoms with Crippen LogP contribution in [0, 0.1) is 12.7 Å². The van der Waals surface area contributed by atoms with E-state index in [-0.39, 0.29) is 10.6 Å². The van der Waals surface area contributed by atoms with Gasteiger partial charge in [0.1, 0.15) is 10.7 Å². The predicted molar refractivity (Wildman–Crippen MR) is 92.2 cm³/mol. The molecule has 2 aromatic carbocycles. The number of aromatic nitrogens is 1. The van der Waals surface area contributed by atoms with E-state index in [1.54, 1.807) is 18.3 Å². The summed E-state index contributed by atoms with van der Waals surface area (Å²) in [7, 11) is -4.00. The Morgan fingerprint density at radius 1 is 1.20 bits per heavy atom. The third-order valence-electron chi connectivity index (χ3n) is 3.58. The topological polar surface area (TPSA) is 102 Å². The van der Waals surface area contributed by atoms with Crippen LogP contribution in [0.3, 0.4) is 0 Å². The molecular formula is C17H14FN3O3S. The lowest BCUT2D eigenvalue weighted by molar-refractivity contribution is 0.0996. The zero-order valence-electron chi connectivity index (χ0n) is 13.2. The molecule has 25 heavy (non-hydrogen) atoms. The number of benzene rings is 2. The Balaban J connectivity index is 2.06. The lowest BCUT2D eigenvalue weighted by Gasteiger charge is -2.11. The molecule has 0 bridgehead atoms. The summed E-state index contributed by atoms with van der Waals surface area (Å²) in [6.45, 7) is 1.86. The summed E-state index contributed by atoms with van der Waals surface area (Å²) >= 11 is 0. The van der Waals surface area contributed by atoms with Crippen LogP contribution in [0.15, 0.2) is 53.6 Å². The molecule has 3 rings (SSSR count). The zero-order valence-corrected chi connectivity index (χ0v) is 14.0. The van der Waals surface area contributed by atoms with E-state index in [0.29, 0.717) is 10.9 Å². The lowest BCUT2D eigenvalue weighted by atomic mass is 10.2. The van der Waals surface area contributed by atoms with Crippen molar-refractivity contribution in [3.63, 3.8) is 0 Å². The summed E-state index contributed by atoms with van der Waals surface area (Å²) in [6.07, 6.45) is 1.57. The van der Waals surface area contributed by atoms with Gasteiger partial charge in [0.2, 0.25) is 0 Å². The molecular weight excluding hydrogens is 345 g/mol. The van der Waals surface area contributed by atoms with Gasteiger partial charge >= 0.3 is 0 Å². The van der Waals surface area contributed by atoms with Gasteiger partial charge in [-0.05, 0) is 42.8 Å². The molecule has 0 aliphatic carbocycles. The number of amides is 1. The Morgan fingerprint density at radius 2 is 1.96 bits per heavy atom. The number of hydrogen-bond donors (Lipinski definition) is 2. The van der Waals surface area contributed by atoms with Gasteiger partial charge in [-0.2, -0.15) is 0 Å². The van der Waals surface area contributed by atoms with Gasteiger partial charge in [-0.25, -0.2) is 12.8 Å². The summed E-state index contributed by atoms with van der Waals surface area (Å²) in [6, 6.07) is 9.85. The van der Waals surface area contributed by atoms with Crippen molar-refractivity contribution in [2.45, 2.75) is 11.8 Å². The number of para-hydroxylation sites is 1. The largest absolute Gasteiger partial charge is 0.366 e. The van der Waals surface area contributed by atoms with Crippen molar-refractivity contribution in [2.75, 3.05) is 4.72 Å². The molecule has 0 aliphatic rings. The number of pyridine rings is 1. The average molecular weight is 359 g/mol. The van der Waals surface area contributed by atoms with Crippen LogP contribution in [-0.4, -0.2) is 19.3 Å². The Bertz CT molecular complexity index is 1100. The fraction of sp³-hybridized carbons (Fsp3) is 0.0588. The van der Waals surface area contributed by atoms with Crippen LogP contribution in [0.25, 0.3) is 10.9 Å². The maximum atomic E-state index is 13.5. The number of hydrogen-bond acceptors (Lipinski definition) is 4. The van der Waals surface area contributed by atoms with E-state index >= 15 is 0 Å². The minimum Gasteiger partial charge on any atom is -0.366 e. The minimum absolute atomic E-state index is 0.0186. The van der Waals surface area contributed by atoms with Crippen LogP contribution < -0.4 is 10.5 Å². The second kappa shape index (κ2) is 6.14. The van der Waals surface area contributed by atoms with E-state index in [1.807, 2.05) is 13.0 Å². The molecule has 3 N–H and O–H groups in total. The monoisotopic (exact) mass is 359 g/mol. The van der Waals surface area contributed by atoms with Gasteiger partial charge in [-0.3, -0.25) is 14.5 Å². The first kappa shape index (κ1) is 16.8. The number of carbonyl (C=O) groups excluding carboxylic acids is 1. The standard InChI is InChI=1S/C17H14FN3O3S/c1-10-7-11-3-2-4-15(16(11)20-9-10)25(23,24)21-12-5-6-14(18)13(8-12)17(19)22/h2-9,21H,1H3,(H2,19,22). The van der Waals surface area contributed by atoms with Gasteiger partial charge in [-0.15, -0.1) is 0 Å². The van der Waals surface area contributed by atoms with Gasteiger partial charge < -0.3 is 5.73 Å². The first-order valence-corrected chi connectivity index (χ1v) is 8.74. The van der Waals surface area contributed by atoms with Gasteiger partial charge in [0.15, 0.2) is 0 Å². The van der Waals surface area contributed by atoms with Crippen molar-refractivity contribution in [1.29, 1.82) is 0 Å². The van der Waals surface area contributed by atoms with E-state index in [2.05, 4.69) is 9.71 Å². The number of primary amides is 1. The fourth-order valence-corrected chi connectivity index (χ4v) is 3.68. The highest BCUT2D eigenvalue weighted by Gasteiger charge is 2.19. The first-order chi connectivity index (χ1) is 11.8. The van der Waals surface area contributed by atoms with Crippen LogP contribution >= 0.6 is 0 Å². The number of nitrogens with zero attached hydrogens (tertiary/aromatic N) is 1. The molecule has 0 radical (unpaired) electrons. The van der Waals surface area contributed by atoms with E-state index in [4.69, 9.17) is 5.73 Å². The maximum Gasteiger partial charge on any atom is 0.264 e. The maximum absolute atomic E-state index is 13.5. The van der Waals surface area contributed by atoms with Crippen molar-refractivity contribution >= 4 is 32.5 Å². The summed E-state index contributed by atoms with van der Waals surface area (Å²) in [5.41, 5.74) is 5.93. The molecule has 0 aliphatic heterocycles. The molecule has 1 amide bonds. The van der Waals surface area contributed by atoms with Crippen molar-refractivity contribution in [2.24, 2.45) is 5.73 Å². The lowest BCUT2D eigenvalue weighted by Crippen LogP contribution is -2.16. The van der Waals surface area contributed by atoms with Crippen molar-refractivity contribution < 1.29 is 17.6 Å². The second-order valence-electron chi connectivity index (χ2n) is 5.50. The molecule has 0 spiro atoms. The number of nitrogens with one attached hydrogen (secondary N) is 1. The number of halogens is 1. The van der Waals surface area contributed by atoms with E-state index < -0.39 is 27.3 Å². The highest BCUT2D eigenvalue weighted by Crippen LogP contribution is 2.24. The molecule has 6 nitrogen and oxygen atoms in total. The number of anilines is 1. The Kier molecular flexibility index (Phi) is 4.13. The van der Waals surface area contributed by atoms with E-state index in [1.165, 1.54) is 12.1 Å². The highest BCUT2D eigenvalue weighted by atomic mass is 32.2. The summed E-state index contributed by atoms with van der Waals surface area (Å²) in [4.78, 5) is 15.4. The SMILES string of the molecule is Cc1cnc2c(S(=O)(=O)Nc3ccc(F)c(C(N)=O)c3)cccc2c1. The van der Waals surface area contributed by atoms with E-state index in [0.717, 1.165) is 17.7 Å². The van der Waals surface area contributed by atoms with Gasteiger partial charge in [0.25, 0.3) is 15.9 Å². The highest BCUT2D eigenvalue weighted by molar-refractivity contribution is 7.93. The van der Waals surface area contributed by atoms with E-state index in [9.17, 15) is 17.6 Å². The number of fused-ring (bicyclic) bond motifs is 1. The fourth-order valence-electron chi connectivity index (χ4n) is 2.45. The van der Waals surface area contributed by atoms with Crippen molar-refractivity contribution in [3.8, 4) is 0 Å². The van der Waals surface area contributed by atoms with Crippen molar-refractivity contribution in [1.82, 2.24) is 4.98 Å². The molecule has 8 heteroatoms. The molecule has 0 atom stereocenters. The van der Waals surface area contributed by atoms with Crippen LogP contribution in [0.4, 0.5) is 10.1 Å². The summed E-state index contributed by atoms with van der Waals surface area (Å²) < 4.78 is 41.3. The molecule has 0 unspecified atom stereocenters. The smallest absolute Gasteiger partial charge is 0.264 e. The first-order valence-electron chi connectivity index (χ1n) is 7.25. The molecule has 0 fully saturated rings. The third kappa shape index (κ3) is 3.29. The van der Waals surface area contributed by atoms with Crippen LogP contribution in [0.5, 0.6) is 0 Å². The number of sulfonamides is 1. The Morgan fingerprint density at radius 3 is 2.68 bits per heavy atom. The molecule has 0 saturated heterocycles. The van der Waals surface area contributed by atoms with Crippen LogP contribution in [0.1, 0.15) is 15.9 Å². The zero-order chi connectivity index (χ0) is 18.2. The minimum atomic E-state index is -4.00. The van der Waals surface area contributed by atoms with Crippen LogP contribution in [0.2, 0.25) is 0 Å². The molecule has 1 heterocycles. The molecule has 3 aromatic rings. The molecule has 1 aromatic heterocycles. The normalized spacial score (nSPS) is 11.4. The second-order valence-corrected chi connectivity index (χ2v) is 7.16. The number of aryl methyl sites for hydroxylation is 1. The average Bonchev–Trinajstić information content (AvgIpc) is 2.55. The molecule has 128 valence electrons. The Labute approximate surface area is 143 Å². The quantitative estimate of drug-likeness (QED) is 0.747. The molecule has 0 saturated carbocycles. The summed E-state index contributed by atoms with van der Waals surface area (Å²) in [5.74, 6) is -1.81. The van der Waals surface area contributed by atoms with Gasteiger partial charge in [-0.1, -0.05) is 12.1 Å². The van der Waals surface area contributed by atoms with Gasteiger partial charge in [0, 0.05) is 17.3 Å². The number of carbonyl (C=O) groups is 1. The summed E-state index contributed by atoms with van der Waals surface area (Å²) in [5, 5.41) is 0.680. The predicted octanol–water partition coefficient (Wildman–Crippen LogP) is 2.58. The number of rotatable bonds is 4. The van der Waals surface area contributed by atoms with Gasteiger partial charge in [0.05, 0.1) is 11.1 Å². The Hall–Kier alpha value is -3.00. The number of nitrogens with two attached hydrogens (primary N) is 1.